The standard InChI is InChI=1S/C32H52N6O5S2.C3H8.C2H6/c1-31(2,3)23(19-37(7)45-24-14-10-18-44-24)35-30(43)36-26(32(4,5)6)29(42)38-17-9-13-22(38)28(41)34-21(25(39)27(33)40)16-15-20-11-8-12-20;1-3-2;1-2/h10,14,18,20-23,26H,8-9,11-13,15-17,19H2,1-7H3,(H2,33,40)(H,34,41)(H2,35,36,43);3H2,1-2H3;1-2H3. The molecule has 2 heterocycles. The van der Waals surface area contributed by atoms with Crippen molar-refractivity contribution in [1.29, 1.82) is 0 Å². The molecule has 2 fully saturated rings. The highest BCUT2D eigenvalue weighted by Crippen LogP contribution is 2.32. The van der Waals surface area contributed by atoms with Gasteiger partial charge in [-0.25, -0.2) is 9.10 Å². The molecule has 1 aliphatic carbocycles. The first-order valence-corrected chi connectivity index (χ1v) is 20.0. The molecule has 5 amide bonds. The number of rotatable bonds is 14. The maximum Gasteiger partial charge on any atom is 0.315 e. The zero-order valence-electron chi connectivity index (χ0n) is 32.5. The third-order valence-corrected chi connectivity index (χ3v) is 10.7. The van der Waals surface area contributed by atoms with Gasteiger partial charge in [0.25, 0.3) is 5.91 Å². The van der Waals surface area contributed by atoms with E-state index in [1.165, 1.54) is 11.3 Å². The summed E-state index contributed by atoms with van der Waals surface area (Å²) in [4.78, 5) is 66.7. The van der Waals surface area contributed by atoms with Gasteiger partial charge in [0.2, 0.25) is 17.6 Å². The highest BCUT2D eigenvalue weighted by molar-refractivity contribution is 7.98. The molecule has 0 aromatic carbocycles. The number of thiophene rings is 1. The van der Waals surface area contributed by atoms with Crippen molar-refractivity contribution in [2.24, 2.45) is 22.5 Å². The van der Waals surface area contributed by atoms with Crippen molar-refractivity contribution in [2.45, 2.75) is 149 Å². The number of nitrogens with one attached hydrogen (secondary N) is 3. The molecule has 0 bridgehead atoms. The second-order valence-electron chi connectivity index (χ2n) is 15.2. The van der Waals surface area contributed by atoms with Crippen molar-refractivity contribution in [3.63, 3.8) is 0 Å². The molecule has 0 radical (unpaired) electrons. The molecule has 4 atom stereocenters. The van der Waals surface area contributed by atoms with E-state index in [1.54, 1.807) is 23.3 Å². The number of ketones is 1. The van der Waals surface area contributed by atoms with Gasteiger partial charge in [0.1, 0.15) is 12.1 Å². The van der Waals surface area contributed by atoms with Crippen LogP contribution in [-0.2, 0) is 19.2 Å². The Hall–Kier alpha value is -2.64. The van der Waals surface area contributed by atoms with Crippen LogP contribution in [0.3, 0.4) is 0 Å². The van der Waals surface area contributed by atoms with E-state index in [-0.39, 0.29) is 17.4 Å². The minimum absolute atomic E-state index is 0.226. The molecular weight excluding hydrogens is 673 g/mol. The highest BCUT2D eigenvalue weighted by atomic mass is 32.2. The maximum absolute atomic E-state index is 14.0. The number of carbonyl (C=O) groups excluding carboxylic acids is 5. The molecule has 3 rings (SSSR count). The van der Waals surface area contributed by atoms with Crippen molar-refractivity contribution in [3.05, 3.63) is 17.5 Å². The molecular formula is C37H66N6O5S2. The summed E-state index contributed by atoms with van der Waals surface area (Å²) in [5.41, 5.74) is 4.37. The normalized spacial score (nSPS) is 17.9. The van der Waals surface area contributed by atoms with E-state index in [9.17, 15) is 24.0 Å². The molecule has 0 spiro atoms. The Morgan fingerprint density at radius 2 is 1.60 bits per heavy atom. The summed E-state index contributed by atoms with van der Waals surface area (Å²) in [5, 5.41) is 10.8. The summed E-state index contributed by atoms with van der Waals surface area (Å²) in [5.74, 6) is -2.26. The van der Waals surface area contributed by atoms with Gasteiger partial charge in [0, 0.05) is 19.1 Å². The molecule has 50 heavy (non-hydrogen) atoms. The lowest BCUT2D eigenvalue weighted by atomic mass is 9.81. The summed E-state index contributed by atoms with van der Waals surface area (Å²) in [6.07, 6.45) is 6.62. The molecule has 286 valence electrons. The van der Waals surface area contributed by atoms with Crippen LogP contribution in [0.25, 0.3) is 0 Å². The minimum atomic E-state index is -1.08. The predicted molar refractivity (Wildman–Crippen MR) is 206 cm³/mol. The molecule has 5 N–H and O–H groups in total. The highest BCUT2D eigenvalue weighted by Gasteiger charge is 2.43. The lowest BCUT2D eigenvalue weighted by molar-refractivity contribution is -0.143. The molecule has 4 unspecified atom stereocenters. The molecule has 13 heteroatoms. The topological polar surface area (TPSA) is 154 Å². The summed E-state index contributed by atoms with van der Waals surface area (Å²) in [7, 11) is 1.98. The Kier molecular flexibility index (Phi) is 19.7. The third-order valence-electron chi connectivity index (χ3n) is 8.72. The number of carbonyl (C=O) groups is 5. The predicted octanol–water partition coefficient (Wildman–Crippen LogP) is 6.37. The van der Waals surface area contributed by atoms with Crippen molar-refractivity contribution >= 4 is 52.8 Å². The second-order valence-corrected chi connectivity index (χ2v) is 17.7. The van der Waals surface area contributed by atoms with E-state index in [1.807, 2.05) is 53.1 Å². The number of hydrogen-bond acceptors (Lipinski definition) is 8. The molecule has 1 aromatic heterocycles. The first-order chi connectivity index (χ1) is 23.4. The van der Waals surface area contributed by atoms with Gasteiger partial charge in [-0.05, 0) is 72.9 Å². The average molecular weight is 739 g/mol. The molecule has 11 nitrogen and oxygen atoms in total. The number of amides is 5. The largest absolute Gasteiger partial charge is 0.363 e. The number of urea groups is 1. The van der Waals surface area contributed by atoms with Crippen molar-refractivity contribution in [3.8, 4) is 0 Å². The van der Waals surface area contributed by atoms with Gasteiger partial charge in [-0.2, -0.15) is 0 Å². The van der Waals surface area contributed by atoms with Gasteiger partial charge in [-0.1, -0.05) is 101 Å². The van der Waals surface area contributed by atoms with Crippen LogP contribution in [0.1, 0.15) is 121 Å². The van der Waals surface area contributed by atoms with Crippen LogP contribution in [-0.4, -0.2) is 83.0 Å². The van der Waals surface area contributed by atoms with Gasteiger partial charge in [-0.15, -0.1) is 11.3 Å². The van der Waals surface area contributed by atoms with Crippen molar-refractivity contribution < 1.29 is 24.0 Å². The first kappa shape index (κ1) is 45.4. The molecule has 1 aliphatic heterocycles. The van der Waals surface area contributed by atoms with E-state index in [0.717, 1.165) is 29.9 Å². The fourth-order valence-electron chi connectivity index (χ4n) is 5.64. The van der Waals surface area contributed by atoms with Crippen LogP contribution in [0, 0.1) is 16.7 Å². The van der Waals surface area contributed by atoms with Gasteiger partial charge in [-0.3, -0.25) is 19.2 Å². The van der Waals surface area contributed by atoms with Gasteiger partial charge < -0.3 is 26.6 Å². The molecule has 1 saturated carbocycles. The van der Waals surface area contributed by atoms with Crippen LogP contribution >= 0.6 is 23.3 Å². The van der Waals surface area contributed by atoms with E-state index in [2.05, 4.69) is 60.9 Å². The lowest BCUT2D eigenvalue weighted by Crippen LogP contribution is -2.61. The van der Waals surface area contributed by atoms with Crippen molar-refractivity contribution in [2.75, 3.05) is 20.1 Å². The van der Waals surface area contributed by atoms with E-state index in [0.29, 0.717) is 38.3 Å². The lowest BCUT2D eigenvalue weighted by Gasteiger charge is -2.37. The van der Waals surface area contributed by atoms with E-state index in [4.69, 9.17) is 5.73 Å². The van der Waals surface area contributed by atoms with Gasteiger partial charge >= 0.3 is 6.03 Å². The average Bonchev–Trinajstić information content (AvgIpc) is 3.70. The number of likely N-dealkylation sites (N-methyl/N-ethyl adjacent to an activating group) is 1. The summed E-state index contributed by atoms with van der Waals surface area (Å²) < 4.78 is 3.24. The zero-order valence-corrected chi connectivity index (χ0v) is 34.2. The number of nitrogens with zero attached hydrogens (tertiary/aromatic N) is 2. The molecule has 2 aliphatic rings. The SMILES string of the molecule is CC.CCC.CN(CC(NC(=O)NC(C(=O)N1CCCC1C(=O)NC(CCC1CCC1)C(=O)C(N)=O)C(C)(C)C)C(C)(C)C)Sc1cccs1. The molecule has 1 saturated heterocycles. The minimum Gasteiger partial charge on any atom is -0.363 e. The number of likely N-dealkylation sites (tertiary alicyclic amines) is 1. The van der Waals surface area contributed by atoms with Crippen LogP contribution in [0.2, 0.25) is 0 Å². The van der Waals surface area contributed by atoms with Crippen molar-refractivity contribution in [1.82, 2.24) is 25.2 Å². The smallest absolute Gasteiger partial charge is 0.315 e. The first-order valence-electron chi connectivity index (χ1n) is 18.3. The summed E-state index contributed by atoms with van der Waals surface area (Å²) in [6, 6.07) is 0.628. The Morgan fingerprint density at radius 1 is 0.980 bits per heavy atom. The Morgan fingerprint density at radius 3 is 2.08 bits per heavy atom. The molecule has 1 aromatic rings. The third kappa shape index (κ3) is 14.9. The van der Waals surface area contributed by atoms with Crippen LogP contribution in [0.5, 0.6) is 0 Å². The van der Waals surface area contributed by atoms with Gasteiger partial charge in [0.05, 0.1) is 10.3 Å². The van der Waals surface area contributed by atoms with Crippen LogP contribution in [0.4, 0.5) is 4.79 Å². The number of primary amides is 1. The fourth-order valence-corrected chi connectivity index (χ4v) is 7.48. The van der Waals surface area contributed by atoms with Crippen LogP contribution < -0.4 is 21.7 Å². The fraction of sp³-hybridized carbons (Fsp3) is 0.757. The van der Waals surface area contributed by atoms with Crippen LogP contribution in [0.15, 0.2) is 21.7 Å². The number of nitrogens with two attached hydrogens (primary N) is 1. The zero-order chi connectivity index (χ0) is 38.2. The number of Topliss-reactive ketones (excluding diaryl/α,β-unsaturated/α-hetero) is 1. The monoisotopic (exact) mass is 738 g/mol. The number of hydrogen-bond donors (Lipinski definition) is 4. The maximum atomic E-state index is 14.0. The summed E-state index contributed by atoms with van der Waals surface area (Å²) >= 11 is 3.27. The van der Waals surface area contributed by atoms with Gasteiger partial charge in [0.15, 0.2) is 0 Å². The Bertz CT molecular complexity index is 1210. The quantitative estimate of drug-likeness (QED) is 0.128. The van der Waals surface area contributed by atoms with E-state index < -0.39 is 47.2 Å². The Balaban J connectivity index is 0.00000237. The van der Waals surface area contributed by atoms with E-state index >= 15 is 0 Å². The Labute approximate surface area is 310 Å². The second kappa shape index (κ2) is 21.7. The summed E-state index contributed by atoms with van der Waals surface area (Å²) in [6.45, 7) is 21.0.